The van der Waals surface area contributed by atoms with Crippen LogP contribution >= 0.6 is 11.6 Å². The Morgan fingerprint density at radius 1 is 1.22 bits per heavy atom. The van der Waals surface area contributed by atoms with Crippen molar-refractivity contribution >= 4 is 31.7 Å². The quantitative estimate of drug-likeness (QED) is 0.844. The van der Waals surface area contributed by atoms with E-state index < -0.39 is 8.24 Å². The summed E-state index contributed by atoms with van der Waals surface area (Å²) < 4.78 is 2.23. The lowest BCUT2D eigenvalue weighted by atomic mass is 10.4. The maximum atomic E-state index is 5.97. The van der Waals surface area contributed by atoms with Crippen molar-refractivity contribution in [1.82, 2.24) is 15.0 Å². The predicted octanol–water partition coefficient (Wildman–Crippen LogP) is 3.01. The number of nitrogens with zero attached hydrogens (tertiary/aromatic N) is 4. The van der Waals surface area contributed by atoms with Gasteiger partial charge in [0.1, 0.15) is 0 Å². The van der Waals surface area contributed by atoms with Gasteiger partial charge >= 0.3 is 0 Å². The third kappa shape index (κ3) is 4.10. The number of halogens is 1. The van der Waals surface area contributed by atoms with E-state index >= 15 is 0 Å². The van der Waals surface area contributed by atoms with E-state index in [0.717, 1.165) is 6.54 Å². The van der Waals surface area contributed by atoms with E-state index in [4.69, 9.17) is 11.6 Å². The van der Waals surface area contributed by atoms with Gasteiger partial charge in [0.2, 0.25) is 17.2 Å². The van der Waals surface area contributed by atoms with Gasteiger partial charge in [0.25, 0.3) is 0 Å². The molecule has 0 bridgehead atoms. The standard InChI is InChI=1S/C11H22ClN5Si/c1-7-17(18(4,5)6)11-15-9(12)14-10(16-11)13-8(2)3/h8H,7H2,1-6H3,(H,13,14,15,16). The second-order valence-corrected chi connectivity index (χ2v) is 10.7. The Kier molecular flexibility index (Phi) is 4.92. The number of aromatic nitrogens is 3. The molecule has 0 aliphatic carbocycles. The molecule has 0 fully saturated rings. The number of hydrogen-bond acceptors (Lipinski definition) is 5. The molecule has 0 amide bonds. The minimum Gasteiger partial charge on any atom is -0.368 e. The molecule has 102 valence electrons. The van der Waals surface area contributed by atoms with Gasteiger partial charge < -0.3 is 9.88 Å². The van der Waals surface area contributed by atoms with Crippen LogP contribution < -0.4 is 9.88 Å². The van der Waals surface area contributed by atoms with Crippen molar-refractivity contribution in [2.24, 2.45) is 0 Å². The van der Waals surface area contributed by atoms with Crippen molar-refractivity contribution in [1.29, 1.82) is 0 Å². The zero-order chi connectivity index (χ0) is 13.9. The minimum absolute atomic E-state index is 0.236. The highest BCUT2D eigenvalue weighted by Gasteiger charge is 2.25. The molecule has 1 heterocycles. The van der Waals surface area contributed by atoms with Crippen molar-refractivity contribution in [3.63, 3.8) is 0 Å². The second-order valence-electron chi connectivity index (χ2n) is 5.44. The molecule has 1 rings (SSSR count). The van der Waals surface area contributed by atoms with E-state index in [1.54, 1.807) is 0 Å². The highest BCUT2D eigenvalue weighted by molar-refractivity contribution is 6.79. The maximum Gasteiger partial charge on any atom is 0.228 e. The summed E-state index contributed by atoms with van der Waals surface area (Å²) in [5.74, 6) is 1.21. The van der Waals surface area contributed by atoms with E-state index in [1.165, 1.54) is 0 Å². The summed E-state index contributed by atoms with van der Waals surface area (Å²) in [4.78, 5) is 12.8. The van der Waals surface area contributed by atoms with Gasteiger partial charge in [-0.2, -0.15) is 15.0 Å². The van der Waals surface area contributed by atoms with Gasteiger partial charge in [-0.3, -0.25) is 0 Å². The number of hydrogen-bond donors (Lipinski definition) is 1. The van der Waals surface area contributed by atoms with Crippen LogP contribution in [0.4, 0.5) is 11.9 Å². The number of nitrogens with one attached hydrogen (secondary N) is 1. The molecule has 1 aromatic heterocycles. The molecular weight excluding hydrogens is 266 g/mol. The second kappa shape index (κ2) is 5.84. The van der Waals surface area contributed by atoms with Gasteiger partial charge in [0, 0.05) is 12.6 Å². The molecule has 0 spiro atoms. The van der Waals surface area contributed by atoms with Crippen molar-refractivity contribution in [2.75, 3.05) is 16.4 Å². The van der Waals surface area contributed by atoms with Crippen molar-refractivity contribution in [3.8, 4) is 0 Å². The van der Waals surface area contributed by atoms with Crippen molar-refractivity contribution < 1.29 is 0 Å². The SMILES string of the molecule is CCN(c1nc(Cl)nc(NC(C)C)n1)[Si](C)(C)C. The Morgan fingerprint density at radius 2 is 1.83 bits per heavy atom. The van der Waals surface area contributed by atoms with Gasteiger partial charge in [0.15, 0.2) is 8.24 Å². The lowest BCUT2D eigenvalue weighted by Gasteiger charge is -2.33. The molecule has 7 heteroatoms. The van der Waals surface area contributed by atoms with Crippen LogP contribution in [0.2, 0.25) is 24.9 Å². The van der Waals surface area contributed by atoms with Crippen LogP contribution in [-0.4, -0.2) is 35.8 Å². The van der Waals surface area contributed by atoms with Gasteiger partial charge in [-0.05, 0) is 32.4 Å². The Labute approximate surface area is 115 Å². The first kappa shape index (κ1) is 15.2. The van der Waals surface area contributed by atoms with Gasteiger partial charge in [0.05, 0.1) is 0 Å². The van der Waals surface area contributed by atoms with Gasteiger partial charge in [-0.25, -0.2) is 0 Å². The summed E-state index contributed by atoms with van der Waals surface area (Å²) in [5.41, 5.74) is 0. The van der Waals surface area contributed by atoms with Gasteiger partial charge in [-0.15, -0.1) is 0 Å². The average Bonchev–Trinajstić information content (AvgIpc) is 2.13. The largest absolute Gasteiger partial charge is 0.368 e. The molecule has 1 N–H and O–H groups in total. The molecule has 0 aliphatic heterocycles. The Morgan fingerprint density at radius 3 is 2.28 bits per heavy atom. The third-order valence-electron chi connectivity index (χ3n) is 2.38. The molecule has 18 heavy (non-hydrogen) atoms. The molecule has 0 unspecified atom stereocenters. The lowest BCUT2D eigenvalue weighted by Crippen LogP contribution is -2.47. The summed E-state index contributed by atoms with van der Waals surface area (Å²) >= 11 is 5.97. The average molecular weight is 288 g/mol. The monoisotopic (exact) mass is 287 g/mol. The molecule has 0 atom stereocenters. The smallest absolute Gasteiger partial charge is 0.228 e. The summed E-state index contributed by atoms with van der Waals surface area (Å²) in [6.45, 7) is 13.8. The van der Waals surface area contributed by atoms with Crippen LogP contribution in [0.3, 0.4) is 0 Å². The Bertz CT molecular complexity index is 405. The molecule has 0 radical (unpaired) electrons. The number of anilines is 2. The van der Waals surface area contributed by atoms with Crippen molar-refractivity contribution in [2.45, 2.75) is 46.5 Å². The van der Waals surface area contributed by atoms with Crippen LogP contribution in [0, 0.1) is 0 Å². The topological polar surface area (TPSA) is 53.9 Å². The molecule has 0 saturated heterocycles. The maximum absolute atomic E-state index is 5.97. The Hall–Kier alpha value is -0.883. The van der Waals surface area contributed by atoms with E-state index in [2.05, 4.69) is 51.4 Å². The third-order valence-corrected chi connectivity index (χ3v) is 4.69. The van der Waals surface area contributed by atoms with Crippen LogP contribution in [0.1, 0.15) is 20.8 Å². The van der Waals surface area contributed by atoms with E-state index in [9.17, 15) is 0 Å². The van der Waals surface area contributed by atoms with Crippen LogP contribution in [0.25, 0.3) is 0 Å². The first-order valence-electron chi connectivity index (χ1n) is 6.19. The van der Waals surface area contributed by atoms with Crippen LogP contribution in [0.5, 0.6) is 0 Å². The first-order chi connectivity index (χ1) is 8.24. The molecule has 0 aliphatic rings. The molecule has 0 saturated carbocycles. The summed E-state index contributed by atoms with van der Waals surface area (Å²) in [6.07, 6.45) is 0. The zero-order valence-electron chi connectivity index (χ0n) is 12.0. The fourth-order valence-corrected chi connectivity index (χ4v) is 3.50. The van der Waals surface area contributed by atoms with Crippen LogP contribution in [0.15, 0.2) is 0 Å². The highest BCUT2D eigenvalue weighted by atomic mass is 35.5. The summed E-state index contributed by atoms with van der Waals surface area (Å²) in [5, 5.41) is 3.39. The minimum atomic E-state index is -1.52. The predicted molar refractivity (Wildman–Crippen MR) is 80.0 cm³/mol. The highest BCUT2D eigenvalue weighted by Crippen LogP contribution is 2.20. The molecule has 5 nitrogen and oxygen atoms in total. The zero-order valence-corrected chi connectivity index (χ0v) is 13.7. The fraction of sp³-hybridized carbons (Fsp3) is 0.727. The summed E-state index contributed by atoms with van der Waals surface area (Å²) in [6, 6.07) is 0.262. The van der Waals surface area contributed by atoms with Crippen LogP contribution in [-0.2, 0) is 0 Å². The van der Waals surface area contributed by atoms with Crippen molar-refractivity contribution in [3.05, 3.63) is 5.28 Å². The lowest BCUT2D eigenvalue weighted by molar-refractivity contribution is 0.858. The van der Waals surface area contributed by atoms with E-state index in [-0.39, 0.29) is 11.3 Å². The van der Waals surface area contributed by atoms with E-state index in [1.807, 2.05) is 13.8 Å². The fourth-order valence-electron chi connectivity index (χ4n) is 1.70. The molecule has 0 aromatic carbocycles. The number of rotatable bonds is 5. The normalized spacial score (nSPS) is 11.8. The molecular formula is C11H22ClN5Si. The summed E-state index contributed by atoms with van der Waals surface area (Å²) in [7, 11) is -1.52. The van der Waals surface area contributed by atoms with Gasteiger partial charge in [-0.1, -0.05) is 19.6 Å². The Balaban J connectivity index is 3.11. The first-order valence-corrected chi connectivity index (χ1v) is 10.0. The molecule has 1 aromatic rings. The van der Waals surface area contributed by atoms with E-state index in [0.29, 0.717) is 11.9 Å².